The lowest BCUT2D eigenvalue weighted by Gasteiger charge is -2.21. The van der Waals surface area contributed by atoms with Gasteiger partial charge in [-0.3, -0.25) is 10.1 Å². The number of benzene rings is 1. The number of non-ortho nitro benzene ring substituents is 1. The summed E-state index contributed by atoms with van der Waals surface area (Å²) in [6.45, 7) is 5.43. The van der Waals surface area contributed by atoms with E-state index in [9.17, 15) is 18.5 Å². The summed E-state index contributed by atoms with van der Waals surface area (Å²) in [5.74, 6) is 0.0492. The Balaban J connectivity index is 3.13. The van der Waals surface area contributed by atoms with E-state index in [1.807, 2.05) is 13.8 Å². The minimum atomic E-state index is -3.74. The molecule has 0 aliphatic heterocycles. The van der Waals surface area contributed by atoms with Crippen molar-refractivity contribution < 1.29 is 13.3 Å². The molecule has 1 aromatic carbocycles. The average molecular weight is 301 g/mol. The monoisotopic (exact) mass is 301 g/mol. The van der Waals surface area contributed by atoms with Crippen molar-refractivity contribution in [2.24, 2.45) is 11.7 Å². The number of hydrogen-bond acceptors (Lipinski definition) is 5. The lowest BCUT2D eigenvalue weighted by molar-refractivity contribution is -0.385. The molecule has 8 heteroatoms. The smallest absolute Gasteiger partial charge is 0.269 e. The number of rotatable bonds is 6. The topological polar surface area (TPSA) is 115 Å². The largest absolute Gasteiger partial charge is 0.329 e. The second-order valence-corrected chi connectivity index (χ2v) is 6.60. The highest BCUT2D eigenvalue weighted by Gasteiger charge is 2.24. The summed E-state index contributed by atoms with van der Waals surface area (Å²) in [6.07, 6.45) is 0. The van der Waals surface area contributed by atoms with Crippen LogP contribution in [-0.4, -0.2) is 25.9 Å². The van der Waals surface area contributed by atoms with Crippen LogP contribution in [0.25, 0.3) is 0 Å². The Morgan fingerprint density at radius 1 is 1.40 bits per heavy atom. The lowest BCUT2D eigenvalue weighted by atomic mass is 10.1. The highest BCUT2D eigenvalue weighted by atomic mass is 32.2. The molecule has 112 valence electrons. The van der Waals surface area contributed by atoms with Crippen LogP contribution in [0, 0.1) is 23.0 Å². The molecule has 7 nitrogen and oxygen atoms in total. The van der Waals surface area contributed by atoms with E-state index < -0.39 is 14.9 Å². The number of aryl methyl sites for hydroxylation is 1. The highest BCUT2D eigenvalue weighted by Crippen LogP contribution is 2.21. The van der Waals surface area contributed by atoms with Crippen LogP contribution in [0.4, 0.5) is 5.69 Å². The minimum Gasteiger partial charge on any atom is -0.329 e. The first-order valence-corrected chi connectivity index (χ1v) is 7.64. The summed E-state index contributed by atoms with van der Waals surface area (Å²) in [5, 5.41) is 10.7. The second kappa shape index (κ2) is 6.29. The molecule has 0 radical (unpaired) electrons. The lowest BCUT2D eigenvalue weighted by Crippen LogP contribution is -2.43. The maximum atomic E-state index is 12.3. The van der Waals surface area contributed by atoms with Crippen LogP contribution >= 0.6 is 0 Å². The van der Waals surface area contributed by atoms with Gasteiger partial charge in [0.05, 0.1) is 9.82 Å². The third-order valence-electron chi connectivity index (χ3n) is 3.02. The fraction of sp³-hybridized carbons (Fsp3) is 0.500. The van der Waals surface area contributed by atoms with Crippen molar-refractivity contribution in [3.63, 3.8) is 0 Å². The maximum Gasteiger partial charge on any atom is 0.269 e. The Bertz CT molecular complexity index is 599. The first kappa shape index (κ1) is 16.5. The van der Waals surface area contributed by atoms with E-state index in [1.54, 1.807) is 0 Å². The van der Waals surface area contributed by atoms with E-state index in [2.05, 4.69) is 4.72 Å². The third kappa shape index (κ3) is 3.75. The summed E-state index contributed by atoms with van der Waals surface area (Å²) in [4.78, 5) is 10.1. The normalized spacial score (nSPS) is 13.4. The highest BCUT2D eigenvalue weighted by molar-refractivity contribution is 7.89. The average Bonchev–Trinajstić information content (AvgIpc) is 2.35. The molecular weight excluding hydrogens is 282 g/mol. The van der Waals surface area contributed by atoms with Crippen molar-refractivity contribution >= 4 is 15.7 Å². The van der Waals surface area contributed by atoms with Crippen LogP contribution in [0.5, 0.6) is 0 Å². The van der Waals surface area contributed by atoms with Crippen molar-refractivity contribution in [3.05, 3.63) is 33.9 Å². The summed E-state index contributed by atoms with van der Waals surface area (Å²) in [5.41, 5.74) is 5.73. The molecule has 0 saturated carbocycles. The van der Waals surface area contributed by atoms with Crippen LogP contribution in [0.2, 0.25) is 0 Å². The summed E-state index contributed by atoms with van der Waals surface area (Å²) < 4.78 is 27.1. The summed E-state index contributed by atoms with van der Waals surface area (Å²) >= 11 is 0. The number of nitrogens with zero attached hydrogens (tertiary/aromatic N) is 1. The van der Waals surface area contributed by atoms with Crippen molar-refractivity contribution in [1.82, 2.24) is 4.72 Å². The van der Waals surface area contributed by atoms with E-state index in [0.29, 0.717) is 5.56 Å². The van der Waals surface area contributed by atoms with E-state index in [4.69, 9.17) is 5.73 Å². The Morgan fingerprint density at radius 3 is 2.40 bits per heavy atom. The molecule has 0 heterocycles. The summed E-state index contributed by atoms with van der Waals surface area (Å²) in [6, 6.07) is 3.27. The molecule has 0 amide bonds. The van der Waals surface area contributed by atoms with E-state index in [1.165, 1.54) is 25.1 Å². The third-order valence-corrected chi connectivity index (χ3v) is 4.67. The number of nitrogens with one attached hydrogen (secondary N) is 1. The standard InChI is InChI=1S/C12H19N3O4S/c1-8(2)11(7-13)14-20(18,19)12-5-4-10(15(16)17)6-9(12)3/h4-6,8,11,14H,7,13H2,1-3H3. The van der Waals surface area contributed by atoms with Crippen LogP contribution in [0.3, 0.4) is 0 Å². The molecule has 0 bridgehead atoms. The molecule has 0 spiro atoms. The molecule has 0 aliphatic rings. The molecule has 3 N–H and O–H groups in total. The molecular formula is C12H19N3O4S. The van der Waals surface area contributed by atoms with Gasteiger partial charge in [0, 0.05) is 24.7 Å². The summed E-state index contributed by atoms with van der Waals surface area (Å²) in [7, 11) is -3.74. The van der Waals surface area contributed by atoms with Crippen LogP contribution in [0.1, 0.15) is 19.4 Å². The predicted molar refractivity (Wildman–Crippen MR) is 75.8 cm³/mol. The zero-order valence-corrected chi connectivity index (χ0v) is 12.5. The zero-order valence-electron chi connectivity index (χ0n) is 11.7. The number of nitrogens with two attached hydrogens (primary N) is 1. The Morgan fingerprint density at radius 2 is 2.00 bits per heavy atom. The molecule has 1 aromatic rings. The minimum absolute atomic E-state index is 0.0298. The molecule has 20 heavy (non-hydrogen) atoms. The number of nitro groups is 1. The first-order valence-electron chi connectivity index (χ1n) is 6.16. The van der Waals surface area contributed by atoms with Gasteiger partial charge in [-0.05, 0) is 24.5 Å². The van der Waals surface area contributed by atoms with Gasteiger partial charge in [0.2, 0.25) is 10.0 Å². The second-order valence-electron chi connectivity index (χ2n) is 4.91. The Hall–Kier alpha value is -1.51. The van der Waals surface area contributed by atoms with E-state index in [0.717, 1.165) is 0 Å². The number of hydrogen-bond donors (Lipinski definition) is 2. The number of sulfonamides is 1. The quantitative estimate of drug-likeness (QED) is 0.604. The van der Waals surface area contributed by atoms with Crippen molar-refractivity contribution in [2.75, 3.05) is 6.54 Å². The van der Waals surface area contributed by atoms with E-state index >= 15 is 0 Å². The molecule has 0 aliphatic carbocycles. The van der Waals surface area contributed by atoms with Gasteiger partial charge in [-0.1, -0.05) is 13.8 Å². The Labute approximate surface area is 118 Å². The van der Waals surface area contributed by atoms with Gasteiger partial charge in [0.15, 0.2) is 0 Å². The van der Waals surface area contributed by atoms with E-state index in [-0.39, 0.29) is 29.1 Å². The predicted octanol–water partition coefficient (Wildman–Crippen LogP) is 1.16. The molecule has 0 aromatic heterocycles. The Kier molecular flexibility index (Phi) is 5.21. The van der Waals surface area contributed by atoms with Gasteiger partial charge >= 0.3 is 0 Å². The van der Waals surface area contributed by atoms with Gasteiger partial charge in [-0.25, -0.2) is 13.1 Å². The van der Waals surface area contributed by atoms with Crippen molar-refractivity contribution in [2.45, 2.75) is 31.7 Å². The van der Waals surface area contributed by atoms with Crippen molar-refractivity contribution in [3.8, 4) is 0 Å². The van der Waals surface area contributed by atoms with Crippen LogP contribution in [-0.2, 0) is 10.0 Å². The van der Waals surface area contributed by atoms with Gasteiger partial charge in [-0.2, -0.15) is 0 Å². The maximum absolute atomic E-state index is 12.3. The van der Waals surface area contributed by atoms with Crippen LogP contribution < -0.4 is 10.5 Å². The van der Waals surface area contributed by atoms with Gasteiger partial charge in [-0.15, -0.1) is 0 Å². The zero-order chi connectivity index (χ0) is 15.5. The molecule has 1 atom stereocenters. The number of nitro benzene ring substituents is 1. The van der Waals surface area contributed by atoms with Gasteiger partial charge in [0.1, 0.15) is 0 Å². The van der Waals surface area contributed by atoms with Crippen molar-refractivity contribution in [1.29, 1.82) is 0 Å². The molecule has 1 rings (SSSR count). The molecule has 0 saturated heterocycles. The van der Waals surface area contributed by atoms with Gasteiger partial charge in [0.25, 0.3) is 5.69 Å². The fourth-order valence-corrected chi connectivity index (χ4v) is 3.39. The first-order chi connectivity index (χ1) is 9.19. The SMILES string of the molecule is Cc1cc([N+](=O)[O-])ccc1S(=O)(=O)NC(CN)C(C)C. The molecule has 0 fully saturated rings. The van der Waals surface area contributed by atoms with Gasteiger partial charge < -0.3 is 5.73 Å². The fourth-order valence-electron chi connectivity index (χ4n) is 1.77. The molecule has 1 unspecified atom stereocenters. The van der Waals surface area contributed by atoms with Crippen LogP contribution in [0.15, 0.2) is 23.1 Å².